The van der Waals surface area contributed by atoms with Crippen LogP contribution in [0.4, 0.5) is 0 Å². The van der Waals surface area contributed by atoms with Gasteiger partial charge in [0.2, 0.25) is 0 Å². The van der Waals surface area contributed by atoms with E-state index < -0.39 is 63.8 Å². The fraction of sp³-hybridized carbons (Fsp3) is 0.659. The van der Waals surface area contributed by atoms with Gasteiger partial charge in [0.25, 0.3) is 0 Å². The van der Waals surface area contributed by atoms with Crippen molar-refractivity contribution in [3.05, 3.63) is 72.9 Å². The molecule has 0 fully saturated rings. The van der Waals surface area contributed by atoms with Crippen LogP contribution in [0.2, 0.25) is 0 Å². The normalized spacial score (nSPS) is 15.0. The first kappa shape index (κ1) is 53.9. The van der Waals surface area contributed by atoms with E-state index in [1.807, 2.05) is 36.5 Å². The molecular weight excluding hydrogens is 749 g/mol. The third kappa shape index (κ3) is 38.2. The number of carboxylic acid groups (broad SMARTS) is 1. The number of unbranched alkanes of at least 4 members (excludes halogenated alkanes) is 11. The standard InChI is InChI=1S/C44H74NO11P/c1-3-5-7-8-9-10-11-12-13-14-17-21-24-27-31-35-43(48)56-40(37-54-57(51,52)55-38-41(45)44(49)50)36-53-42(47)34-30-26-23-20-18-15-16-19-22-25-29-33-39(46)32-28-6-4-2/h9-10,12-13,15-16,20,22-23,25,29,33,39-41,46H,3-8,11,14,17-19,21,24,26-28,30-32,34-38,45H2,1-2H3,(H,49,50)(H,51,52)/b10-9-,13-12-,16-15-,23-20-,25-22-,33-29+/t39-,40-,41+/m1/s1. The third-order valence-corrected chi connectivity index (χ3v) is 9.48. The Morgan fingerprint density at radius 1 is 0.632 bits per heavy atom. The van der Waals surface area contributed by atoms with Crippen LogP contribution in [0.1, 0.15) is 149 Å². The Labute approximate surface area is 343 Å². The Balaban J connectivity index is 4.56. The number of phosphoric ester groups is 1. The van der Waals surface area contributed by atoms with Gasteiger partial charge in [-0.15, -0.1) is 0 Å². The molecule has 0 aliphatic carbocycles. The van der Waals surface area contributed by atoms with Crippen molar-refractivity contribution in [1.82, 2.24) is 0 Å². The lowest BCUT2D eigenvalue weighted by atomic mass is 10.1. The van der Waals surface area contributed by atoms with Gasteiger partial charge in [0.15, 0.2) is 6.10 Å². The van der Waals surface area contributed by atoms with Gasteiger partial charge < -0.3 is 30.3 Å². The van der Waals surface area contributed by atoms with E-state index in [1.54, 1.807) is 0 Å². The number of carbonyl (C=O) groups excluding carboxylic acids is 2. The minimum atomic E-state index is -4.74. The molecule has 0 saturated heterocycles. The van der Waals surface area contributed by atoms with Crippen LogP contribution in [0, 0.1) is 0 Å². The average Bonchev–Trinajstić information content (AvgIpc) is 3.18. The summed E-state index contributed by atoms with van der Waals surface area (Å²) in [7, 11) is -4.74. The van der Waals surface area contributed by atoms with Crippen molar-refractivity contribution < 1.29 is 52.6 Å². The quantitative estimate of drug-likeness (QED) is 0.0152. The molecule has 0 saturated carbocycles. The Bertz CT molecular complexity index is 1260. The number of aliphatic hydroxyl groups is 1. The molecular formula is C44H74NO11P. The Hall–Kier alpha value is -3.12. The molecule has 4 atom stereocenters. The zero-order valence-electron chi connectivity index (χ0n) is 34.8. The third-order valence-electron chi connectivity index (χ3n) is 8.53. The van der Waals surface area contributed by atoms with Crippen LogP contribution in [-0.2, 0) is 37.5 Å². The number of hydrogen-bond donors (Lipinski definition) is 4. The van der Waals surface area contributed by atoms with E-state index in [4.69, 9.17) is 24.8 Å². The number of phosphoric acid groups is 1. The number of ether oxygens (including phenoxy) is 2. The van der Waals surface area contributed by atoms with Crippen molar-refractivity contribution in [2.45, 2.75) is 167 Å². The second-order valence-electron chi connectivity index (χ2n) is 14.0. The fourth-order valence-corrected chi connectivity index (χ4v) is 5.92. The lowest BCUT2D eigenvalue weighted by Gasteiger charge is -2.20. The Morgan fingerprint density at radius 2 is 1.16 bits per heavy atom. The Morgan fingerprint density at radius 3 is 1.81 bits per heavy atom. The van der Waals surface area contributed by atoms with Gasteiger partial charge in [-0.05, 0) is 70.6 Å². The first-order valence-corrected chi connectivity index (χ1v) is 22.6. The molecule has 0 heterocycles. The number of esters is 2. The molecule has 0 aliphatic heterocycles. The van der Waals surface area contributed by atoms with Crippen LogP contribution >= 0.6 is 7.82 Å². The van der Waals surface area contributed by atoms with Crippen molar-refractivity contribution in [2.75, 3.05) is 19.8 Å². The zero-order chi connectivity index (χ0) is 42.2. The summed E-state index contributed by atoms with van der Waals surface area (Å²) in [5.74, 6) is -2.51. The highest BCUT2D eigenvalue weighted by Gasteiger charge is 2.28. The van der Waals surface area contributed by atoms with Crippen LogP contribution in [0.5, 0.6) is 0 Å². The van der Waals surface area contributed by atoms with Gasteiger partial charge in [-0.25, -0.2) is 4.57 Å². The van der Waals surface area contributed by atoms with E-state index in [0.29, 0.717) is 19.3 Å². The summed E-state index contributed by atoms with van der Waals surface area (Å²) in [5, 5.41) is 18.8. The number of nitrogens with two attached hydrogens (primary N) is 1. The van der Waals surface area contributed by atoms with Gasteiger partial charge >= 0.3 is 25.7 Å². The molecule has 0 spiro atoms. The van der Waals surface area contributed by atoms with E-state index in [1.165, 1.54) is 19.3 Å². The molecule has 57 heavy (non-hydrogen) atoms. The molecule has 5 N–H and O–H groups in total. The molecule has 326 valence electrons. The predicted octanol–water partition coefficient (Wildman–Crippen LogP) is 9.92. The summed E-state index contributed by atoms with van der Waals surface area (Å²) in [6.45, 7) is 2.55. The predicted molar refractivity (Wildman–Crippen MR) is 227 cm³/mol. The van der Waals surface area contributed by atoms with Gasteiger partial charge in [-0.2, -0.15) is 0 Å². The van der Waals surface area contributed by atoms with E-state index in [-0.39, 0.29) is 12.8 Å². The van der Waals surface area contributed by atoms with Crippen LogP contribution in [0.3, 0.4) is 0 Å². The first-order valence-electron chi connectivity index (χ1n) is 21.1. The van der Waals surface area contributed by atoms with Gasteiger partial charge in [0.05, 0.1) is 19.3 Å². The number of carbonyl (C=O) groups is 3. The first-order chi connectivity index (χ1) is 27.5. The molecule has 0 bridgehead atoms. The van der Waals surface area contributed by atoms with Crippen LogP contribution in [0.15, 0.2) is 72.9 Å². The van der Waals surface area contributed by atoms with Crippen molar-refractivity contribution in [1.29, 1.82) is 0 Å². The highest BCUT2D eigenvalue weighted by atomic mass is 31.2. The summed E-state index contributed by atoms with van der Waals surface area (Å²) in [6, 6.07) is -1.54. The molecule has 0 amide bonds. The summed E-state index contributed by atoms with van der Waals surface area (Å²) >= 11 is 0. The maximum Gasteiger partial charge on any atom is 0.472 e. The number of allylic oxidation sites excluding steroid dienone is 11. The smallest absolute Gasteiger partial charge is 0.472 e. The lowest BCUT2D eigenvalue weighted by molar-refractivity contribution is -0.161. The van der Waals surface area contributed by atoms with Crippen molar-refractivity contribution in [2.24, 2.45) is 5.73 Å². The summed E-state index contributed by atoms with van der Waals surface area (Å²) in [6.07, 6.45) is 41.5. The zero-order valence-corrected chi connectivity index (χ0v) is 35.7. The molecule has 13 heteroatoms. The van der Waals surface area contributed by atoms with Gasteiger partial charge in [-0.1, -0.05) is 138 Å². The summed E-state index contributed by atoms with van der Waals surface area (Å²) < 4.78 is 32.6. The second-order valence-corrected chi connectivity index (χ2v) is 15.4. The highest BCUT2D eigenvalue weighted by molar-refractivity contribution is 7.47. The molecule has 0 aromatic carbocycles. The van der Waals surface area contributed by atoms with Gasteiger partial charge in [0, 0.05) is 12.8 Å². The molecule has 0 rings (SSSR count). The molecule has 0 aromatic rings. The number of aliphatic hydroxyl groups excluding tert-OH is 1. The molecule has 1 unspecified atom stereocenters. The minimum absolute atomic E-state index is 0.119. The van der Waals surface area contributed by atoms with E-state index in [9.17, 15) is 28.9 Å². The van der Waals surface area contributed by atoms with Gasteiger partial charge in [-0.3, -0.25) is 23.4 Å². The number of aliphatic carboxylic acids is 1. The van der Waals surface area contributed by atoms with Gasteiger partial charge in [0.1, 0.15) is 12.6 Å². The van der Waals surface area contributed by atoms with E-state index in [2.05, 4.69) is 54.8 Å². The van der Waals surface area contributed by atoms with E-state index in [0.717, 1.165) is 83.5 Å². The largest absolute Gasteiger partial charge is 0.480 e. The van der Waals surface area contributed by atoms with Crippen molar-refractivity contribution in [3.8, 4) is 0 Å². The second kappa shape index (κ2) is 38.4. The number of carboxylic acids is 1. The SMILES string of the molecule is CCCCC/C=C\C/C=C\CCCCCCCC(=O)O[C@H](COC(=O)CCC/C=C\C/C=C\C/C=C\C=C\[C@H](O)CCCCC)COP(=O)(O)OC[C@H](N)C(=O)O. The van der Waals surface area contributed by atoms with E-state index >= 15 is 0 Å². The number of rotatable bonds is 38. The average molecular weight is 824 g/mol. The molecule has 0 aromatic heterocycles. The molecule has 0 radical (unpaired) electrons. The number of hydrogen-bond acceptors (Lipinski definition) is 10. The molecule has 0 aliphatic rings. The summed E-state index contributed by atoms with van der Waals surface area (Å²) in [5.41, 5.74) is 5.32. The Kier molecular flexibility index (Phi) is 36.3. The maximum atomic E-state index is 12.6. The van der Waals surface area contributed by atoms with Crippen molar-refractivity contribution >= 4 is 25.7 Å². The fourth-order valence-electron chi connectivity index (χ4n) is 5.14. The van der Waals surface area contributed by atoms with Crippen LogP contribution < -0.4 is 5.73 Å². The summed E-state index contributed by atoms with van der Waals surface area (Å²) in [4.78, 5) is 45.9. The minimum Gasteiger partial charge on any atom is -0.480 e. The monoisotopic (exact) mass is 823 g/mol. The molecule has 12 nitrogen and oxygen atoms in total. The highest BCUT2D eigenvalue weighted by Crippen LogP contribution is 2.43. The van der Waals surface area contributed by atoms with Crippen molar-refractivity contribution in [3.63, 3.8) is 0 Å². The maximum absolute atomic E-state index is 12.6. The lowest BCUT2D eigenvalue weighted by Crippen LogP contribution is -2.34. The van der Waals surface area contributed by atoms with Crippen LogP contribution in [0.25, 0.3) is 0 Å². The topological polar surface area (TPSA) is 192 Å². The van der Waals surface area contributed by atoms with Crippen LogP contribution in [-0.4, -0.2) is 71.1 Å².